The van der Waals surface area contributed by atoms with E-state index in [0.717, 1.165) is 0 Å². The first-order chi connectivity index (χ1) is 11.3. The van der Waals surface area contributed by atoms with Crippen molar-refractivity contribution in [1.82, 2.24) is 9.21 Å². The van der Waals surface area contributed by atoms with Crippen LogP contribution < -0.4 is 0 Å². The zero-order chi connectivity index (χ0) is 17.9. The highest BCUT2D eigenvalue weighted by Gasteiger charge is 2.35. The van der Waals surface area contributed by atoms with Crippen molar-refractivity contribution < 1.29 is 13.2 Å². The summed E-state index contributed by atoms with van der Waals surface area (Å²) in [5.41, 5.74) is 0. The van der Waals surface area contributed by atoms with Crippen LogP contribution in [0.15, 0.2) is 23.1 Å². The Hall–Kier alpha value is -0.820. The maximum Gasteiger partial charge on any atom is 0.244 e. The Morgan fingerprint density at radius 2 is 1.96 bits per heavy atom. The highest BCUT2D eigenvalue weighted by Crippen LogP contribution is 2.30. The molecule has 1 aliphatic heterocycles. The molecule has 0 bridgehead atoms. The molecule has 0 radical (unpaired) electrons. The minimum absolute atomic E-state index is 0.00685. The lowest BCUT2D eigenvalue weighted by atomic mass is 9.98. The zero-order valence-electron chi connectivity index (χ0n) is 13.8. The molecule has 0 aliphatic carbocycles. The SMILES string of the molecule is CCN(CC)C(=O)C1CCCN(S(=O)(=O)c2cc(Cl)ccc2Cl)C1. The number of carbonyl (C=O) groups excluding carboxylic acids is 1. The summed E-state index contributed by atoms with van der Waals surface area (Å²) in [5.74, 6) is -0.302. The van der Waals surface area contributed by atoms with Gasteiger partial charge in [0.1, 0.15) is 4.90 Å². The van der Waals surface area contributed by atoms with Crippen LogP contribution in [-0.4, -0.2) is 49.7 Å². The van der Waals surface area contributed by atoms with Crippen LogP contribution >= 0.6 is 23.2 Å². The maximum absolute atomic E-state index is 12.9. The fraction of sp³-hybridized carbons (Fsp3) is 0.562. The summed E-state index contributed by atoms with van der Waals surface area (Å²) in [5, 5.41) is 0.447. The van der Waals surface area contributed by atoms with E-state index in [9.17, 15) is 13.2 Å². The van der Waals surface area contributed by atoms with Crippen LogP contribution in [-0.2, 0) is 14.8 Å². The molecule has 1 unspecified atom stereocenters. The van der Waals surface area contributed by atoms with Gasteiger partial charge in [-0.25, -0.2) is 8.42 Å². The highest BCUT2D eigenvalue weighted by atomic mass is 35.5. The van der Waals surface area contributed by atoms with Gasteiger partial charge >= 0.3 is 0 Å². The van der Waals surface area contributed by atoms with Crippen LogP contribution in [0.1, 0.15) is 26.7 Å². The van der Waals surface area contributed by atoms with E-state index in [1.165, 1.54) is 16.4 Å². The molecule has 134 valence electrons. The second-order valence-corrected chi connectivity index (χ2v) is 8.54. The summed E-state index contributed by atoms with van der Waals surface area (Å²) >= 11 is 12.0. The summed E-state index contributed by atoms with van der Waals surface area (Å²) in [6.45, 7) is 5.65. The van der Waals surface area contributed by atoms with Crippen molar-refractivity contribution in [3.8, 4) is 0 Å². The average molecular weight is 393 g/mol. The first kappa shape index (κ1) is 19.5. The van der Waals surface area contributed by atoms with E-state index in [1.54, 1.807) is 11.0 Å². The Morgan fingerprint density at radius 1 is 1.29 bits per heavy atom. The number of hydrogen-bond donors (Lipinski definition) is 0. The van der Waals surface area contributed by atoms with Gasteiger partial charge < -0.3 is 4.90 Å². The molecule has 1 amide bonds. The number of rotatable bonds is 5. The van der Waals surface area contributed by atoms with Crippen LogP contribution in [0.3, 0.4) is 0 Å². The molecule has 0 spiro atoms. The first-order valence-corrected chi connectivity index (χ1v) is 10.2. The smallest absolute Gasteiger partial charge is 0.244 e. The van der Waals surface area contributed by atoms with Crippen LogP contribution in [0, 0.1) is 5.92 Å². The van der Waals surface area contributed by atoms with Gasteiger partial charge in [0.25, 0.3) is 0 Å². The molecular formula is C16H22Cl2N2O3S. The van der Waals surface area contributed by atoms with Crippen molar-refractivity contribution in [2.24, 2.45) is 5.92 Å². The largest absolute Gasteiger partial charge is 0.343 e. The molecule has 0 aromatic heterocycles. The van der Waals surface area contributed by atoms with Gasteiger partial charge in [0, 0.05) is 31.2 Å². The average Bonchev–Trinajstić information content (AvgIpc) is 2.58. The summed E-state index contributed by atoms with van der Waals surface area (Å²) in [4.78, 5) is 14.3. The number of sulfonamides is 1. The lowest BCUT2D eigenvalue weighted by Gasteiger charge is -2.34. The second kappa shape index (κ2) is 8.04. The summed E-state index contributed by atoms with van der Waals surface area (Å²) in [6.07, 6.45) is 1.35. The van der Waals surface area contributed by atoms with E-state index in [1.807, 2.05) is 13.8 Å². The molecule has 2 rings (SSSR count). The Kier molecular flexibility index (Phi) is 6.53. The molecule has 0 N–H and O–H groups in total. The molecule has 1 atom stereocenters. The van der Waals surface area contributed by atoms with E-state index in [-0.39, 0.29) is 28.3 Å². The zero-order valence-corrected chi connectivity index (χ0v) is 16.2. The number of benzene rings is 1. The first-order valence-electron chi connectivity index (χ1n) is 8.05. The Balaban J connectivity index is 2.25. The fourth-order valence-corrected chi connectivity index (χ4v) is 5.23. The molecule has 5 nitrogen and oxygen atoms in total. The minimum Gasteiger partial charge on any atom is -0.343 e. The molecule has 1 saturated heterocycles. The van der Waals surface area contributed by atoms with E-state index in [2.05, 4.69) is 0 Å². The van der Waals surface area contributed by atoms with Crippen molar-refractivity contribution in [2.75, 3.05) is 26.2 Å². The van der Waals surface area contributed by atoms with E-state index < -0.39 is 10.0 Å². The third-order valence-electron chi connectivity index (χ3n) is 4.32. The van der Waals surface area contributed by atoms with Gasteiger partial charge in [-0.05, 0) is 44.9 Å². The molecule has 8 heteroatoms. The number of amides is 1. The maximum atomic E-state index is 12.9. The van der Waals surface area contributed by atoms with E-state index >= 15 is 0 Å². The van der Waals surface area contributed by atoms with Gasteiger partial charge in [-0.2, -0.15) is 4.31 Å². The van der Waals surface area contributed by atoms with Crippen molar-refractivity contribution in [3.05, 3.63) is 28.2 Å². The lowest BCUT2D eigenvalue weighted by Crippen LogP contribution is -2.46. The van der Waals surface area contributed by atoms with Crippen LogP contribution in [0.4, 0.5) is 0 Å². The quantitative estimate of drug-likeness (QED) is 0.772. The van der Waals surface area contributed by atoms with Gasteiger partial charge in [0.2, 0.25) is 15.9 Å². The topological polar surface area (TPSA) is 57.7 Å². The summed E-state index contributed by atoms with van der Waals surface area (Å²) < 4.78 is 27.1. The predicted molar refractivity (Wildman–Crippen MR) is 95.9 cm³/mol. The van der Waals surface area contributed by atoms with Gasteiger partial charge in [-0.1, -0.05) is 23.2 Å². The van der Waals surface area contributed by atoms with Gasteiger partial charge in [-0.15, -0.1) is 0 Å². The third kappa shape index (κ3) is 4.04. The van der Waals surface area contributed by atoms with Crippen LogP contribution in [0.25, 0.3) is 0 Å². The van der Waals surface area contributed by atoms with Gasteiger partial charge in [0.05, 0.1) is 10.9 Å². The van der Waals surface area contributed by atoms with E-state index in [0.29, 0.717) is 37.5 Å². The number of carbonyl (C=O) groups is 1. The second-order valence-electron chi connectivity index (χ2n) is 5.79. The summed E-state index contributed by atoms with van der Waals surface area (Å²) in [6, 6.07) is 4.38. The van der Waals surface area contributed by atoms with Crippen molar-refractivity contribution in [1.29, 1.82) is 0 Å². The van der Waals surface area contributed by atoms with Gasteiger partial charge in [-0.3, -0.25) is 4.79 Å². The molecule has 1 aliphatic rings. The number of hydrogen-bond acceptors (Lipinski definition) is 3. The van der Waals surface area contributed by atoms with Gasteiger partial charge in [0.15, 0.2) is 0 Å². The third-order valence-corrected chi connectivity index (χ3v) is 6.90. The Labute approximate surface area is 153 Å². The van der Waals surface area contributed by atoms with Crippen LogP contribution in [0.2, 0.25) is 10.0 Å². The molecule has 0 saturated carbocycles. The highest BCUT2D eigenvalue weighted by molar-refractivity contribution is 7.89. The van der Waals surface area contributed by atoms with E-state index in [4.69, 9.17) is 23.2 Å². The normalized spacial score (nSPS) is 19.2. The van der Waals surface area contributed by atoms with Crippen molar-refractivity contribution in [3.63, 3.8) is 0 Å². The molecular weight excluding hydrogens is 371 g/mol. The molecule has 24 heavy (non-hydrogen) atoms. The van der Waals surface area contributed by atoms with Crippen molar-refractivity contribution in [2.45, 2.75) is 31.6 Å². The van der Waals surface area contributed by atoms with Crippen molar-refractivity contribution >= 4 is 39.1 Å². The minimum atomic E-state index is -3.77. The van der Waals surface area contributed by atoms with Crippen LogP contribution in [0.5, 0.6) is 0 Å². The number of halogens is 2. The number of nitrogens with zero attached hydrogens (tertiary/aromatic N) is 2. The fourth-order valence-electron chi connectivity index (χ4n) is 2.97. The lowest BCUT2D eigenvalue weighted by molar-refractivity contribution is -0.136. The molecule has 1 heterocycles. The molecule has 1 aromatic rings. The standard InChI is InChI=1S/C16H22Cl2N2O3S/c1-3-19(4-2)16(21)12-6-5-9-20(11-12)24(22,23)15-10-13(17)7-8-14(15)18/h7-8,10,12H,3-6,9,11H2,1-2H3. The Morgan fingerprint density at radius 3 is 2.58 bits per heavy atom. The predicted octanol–water partition coefficient (Wildman–Crippen LogP) is 3.26. The summed E-state index contributed by atoms with van der Waals surface area (Å²) in [7, 11) is -3.77. The molecule has 1 fully saturated rings. The Bertz CT molecular complexity index is 705. The monoisotopic (exact) mass is 392 g/mol. The number of piperidine rings is 1. The molecule has 1 aromatic carbocycles.